The summed E-state index contributed by atoms with van der Waals surface area (Å²) >= 11 is 0. The molecule has 6 nitrogen and oxygen atoms in total. The molecule has 0 aliphatic heterocycles. The van der Waals surface area contributed by atoms with E-state index in [9.17, 15) is 4.79 Å². The summed E-state index contributed by atoms with van der Waals surface area (Å²) in [7, 11) is 0. The zero-order valence-corrected chi connectivity index (χ0v) is 13.4. The number of carbonyl (C=O) groups is 1. The summed E-state index contributed by atoms with van der Waals surface area (Å²) in [6, 6.07) is 5.86. The zero-order valence-electron chi connectivity index (χ0n) is 13.4. The molecular weight excluding hydrogens is 292 g/mol. The lowest BCUT2D eigenvalue weighted by Crippen LogP contribution is -2.37. The largest absolute Gasteiger partial charge is 0.353 e. The van der Waals surface area contributed by atoms with Crippen LogP contribution in [0.15, 0.2) is 28.9 Å². The van der Waals surface area contributed by atoms with Crippen molar-refractivity contribution in [2.45, 2.75) is 51.5 Å². The number of aromatic nitrogens is 3. The third-order valence-electron chi connectivity index (χ3n) is 4.31. The Morgan fingerprint density at radius 2 is 2.13 bits per heavy atom. The van der Waals surface area contributed by atoms with Gasteiger partial charge in [-0.25, -0.2) is 0 Å². The van der Waals surface area contributed by atoms with E-state index in [1.807, 2.05) is 18.2 Å². The second kappa shape index (κ2) is 7.35. The van der Waals surface area contributed by atoms with Crippen LogP contribution in [-0.4, -0.2) is 27.1 Å². The topological polar surface area (TPSA) is 80.9 Å². The lowest BCUT2D eigenvalue weighted by atomic mass is 9.87. The first-order valence-corrected chi connectivity index (χ1v) is 8.24. The van der Waals surface area contributed by atoms with Crippen LogP contribution in [0.3, 0.4) is 0 Å². The molecule has 6 heteroatoms. The van der Waals surface area contributed by atoms with Crippen molar-refractivity contribution >= 4 is 5.91 Å². The third-order valence-corrected chi connectivity index (χ3v) is 4.31. The van der Waals surface area contributed by atoms with Crippen molar-refractivity contribution in [3.63, 3.8) is 0 Å². The van der Waals surface area contributed by atoms with Crippen molar-refractivity contribution in [2.24, 2.45) is 5.92 Å². The monoisotopic (exact) mass is 314 g/mol. The fourth-order valence-electron chi connectivity index (χ4n) is 2.88. The van der Waals surface area contributed by atoms with Crippen molar-refractivity contribution in [1.29, 1.82) is 0 Å². The highest BCUT2D eigenvalue weighted by atomic mass is 16.5. The molecule has 0 spiro atoms. The highest BCUT2D eigenvalue weighted by molar-refractivity contribution is 5.76. The van der Waals surface area contributed by atoms with Crippen LogP contribution >= 0.6 is 0 Å². The van der Waals surface area contributed by atoms with Crippen LogP contribution in [-0.2, 0) is 11.2 Å². The van der Waals surface area contributed by atoms with E-state index in [2.05, 4.69) is 27.4 Å². The lowest BCUT2D eigenvalue weighted by Gasteiger charge is -2.26. The van der Waals surface area contributed by atoms with Crippen molar-refractivity contribution in [1.82, 2.24) is 20.4 Å². The van der Waals surface area contributed by atoms with Gasteiger partial charge in [0.05, 0.1) is 0 Å². The number of aryl methyl sites for hydroxylation is 1. The molecule has 1 fully saturated rings. The first-order valence-electron chi connectivity index (χ1n) is 8.24. The Kier molecular flexibility index (Phi) is 5.00. The van der Waals surface area contributed by atoms with E-state index in [1.54, 1.807) is 6.20 Å². The standard InChI is InChI=1S/C17H22N4O2/c1-12-5-7-13(8-6-12)19-15(22)9-10-16-20-17(21-23-16)14-4-2-3-11-18-14/h2-4,11-13H,5-10H2,1H3,(H,19,22). The first kappa shape index (κ1) is 15.6. The average molecular weight is 314 g/mol. The van der Waals surface area contributed by atoms with Gasteiger partial charge in [0.25, 0.3) is 0 Å². The molecule has 2 aromatic heterocycles. The van der Waals surface area contributed by atoms with Gasteiger partial charge in [-0.05, 0) is 43.7 Å². The SMILES string of the molecule is CC1CCC(NC(=O)CCc2nc(-c3ccccn3)no2)CC1. The van der Waals surface area contributed by atoms with Gasteiger partial charge in [-0.2, -0.15) is 4.98 Å². The normalized spacial score (nSPS) is 21.1. The molecule has 0 radical (unpaired) electrons. The van der Waals surface area contributed by atoms with E-state index >= 15 is 0 Å². The van der Waals surface area contributed by atoms with Gasteiger partial charge in [0.15, 0.2) is 0 Å². The smallest absolute Gasteiger partial charge is 0.227 e. The Morgan fingerprint density at radius 1 is 1.30 bits per heavy atom. The molecule has 0 aromatic carbocycles. The van der Waals surface area contributed by atoms with Gasteiger partial charge in [-0.1, -0.05) is 18.1 Å². The molecular formula is C17H22N4O2. The molecule has 0 unspecified atom stereocenters. The fourth-order valence-corrected chi connectivity index (χ4v) is 2.88. The van der Waals surface area contributed by atoms with E-state index in [1.165, 1.54) is 12.8 Å². The Hall–Kier alpha value is -2.24. The van der Waals surface area contributed by atoms with E-state index in [0.29, 0.717) is 36.3 Å². The number of hydrogen-bond acceptors (Lipinski definition) is 5. The Morgan fingerprint density at radius 3 is 2.87 bits per heavy atom. The van der Waals surface area contributed by atoms with Crippen LogP contribution in [0.4, 0.5) is 0 Å². The van der Waals surface area contributed by atoms with Crippen LogP contribution < -0.4 is 5.32 Å². The van der Waals surface area contributed by atoms with Crippen LogP contribution in [0.2, 0.25) is 0 Å². The third kappa shape index (κ3) is 4.37. The van der Waals surface area contributed by atoms with Crippen LogP contribution in [0.1, 0.15) is 44.9 Å². The maximum Gasteiger partial charge on any atom is 0.227 e. The predicted molar refractivity (Wildman–Crippen MR) is 85.4 cm³/mol. The summed E-state index contributed by atoms with van der Waals surface area (Å²) in [5, 5.41) is 7.02. The van der Waals surface area contributed by atoms with Crippen molar-refractivity contribution in [3.8, 4) is 11.5 Å². The summed E-state index contributed by atoms with van der Waals surface area (Å²) in [6.45, 7) is 2.27. The van der Waals surface area contributed by atoms with E-state index in [4.69, 9.17) is 4.52 Å². The molecule has 3 rings (SSSR count). The second-order valence-corrected chi connectivity index (χ2v) is 6.25. The number of nitrogens with one attached hydrogen (secondary N) is 1. The minimum absolute atomic E-state index is 0.0575. The molecule has 2 heterocycles. The van der Waals surface area contributed by atoms with Gasteiger partial charge in [-0.3, -0.25) is 9.78 Å². The molecule has 1 saturated carbocycles. The zero-order chi connectivity index (χ0) is 16.1. The molecule has 1 N–H and O–H groups in total. The Balaban J connectivity index is 1.47. The average Bonchev–Trinajstić information content (AvgIpc) is 3.05. The maximum absolute atomic E-state index is 12.0. The van der Waals surface area contributed by atoms with E-state index in [-0.39, 0.29) is 5.91 Å². The molecule has 1 aliphatic carbocycles. The van der Waals surface area contributed by atoms with Crippen molar-refractivity contribution in [3.05, 3.63) is 30.3 Å². The van der Waals surface area contributed by atoms with Crippen LogP contribution in [0.25, 0.3) is 11.5 Å². The summed E-state index contributed by atoms with van der Waals surface area (Å²) in [4.78, 5) is 20.5. The van der Waals surface area contributed by atoms with Gasteiger partial charge in [0, 0.05) is 25.1 Å². The van der Waals surface area contributed by atoms with Gasteiger partial charge < -0.3 is 9.84 Å². The van der Waals surface area contributed by atoms with Crippen LogP contribution in [0, 0.1) is 5.92 Å². The van der Waals surface area contributed by atoms with E-state index in [0.717, 1.165) is 18.8 Å². The first-order chi connectivity index (χ1) is 11.2. The van der Waals surface area contributed by atoms with Crippen LogP contribution in [0.5, 0.6) is 0 Å². The molecule has 122 valence electrons. The Labute approximate surface area is 135 Å². The summed E-state index contributed by atoms with van der Waals surface area (Å²) in [5.74, 6) is 1.77. The number of carbonyl (C=O) groups excluding carboxylic acids is 1. The summed E-state index contributed by atoms with van der Waals surface area (Å²) in [6.07, 6.45) is 7.06. The lowest BCUT2D eigenvalue weighted by molar-refractivity contribution is -0.122. The van der Waals surface area contributed by atoms with E-state index < -0.39 is 0 Å². The number of rotatable bonds is 5. The highest BCUT2D eigenvalue weighted by Crippen LogP contribution is 2.23. The Bertz CT molecular complexity index is 633. The fraction of sp³-hybridized carbons (Fsp3) is 0.529. The van der Waals surface area contributed by atoms with Gasteiger partial charge in [-0.15, -0.1) is 0 Å². The summed E-state index contributed by atoms with van der Waals surface area (Å²) in [5.41, 5.74) is 0.670. The second-order valence-electron chi connectivity index (χ2n) is 6.25. The number of pyridine rings is 1. The number of hydrogen-bond donors (Lipinski definition) is 1. The van der Waals surface area contributed by atoms with Crippen molar-refractivity contribution in [2.75, 3.05) is 0 Å². The van der Waals surface area contributed by atoms with Gasteiger partial charge in [0.1, 0.15) is 5.69 Å². The van der Waals surface area contributed by atoms with Gasteiger partial charge >= 0.3 is 0 Å². The van der Waals surface area contributed by atoms with Gasteiger partial charge in [0.2, 0.25) is 17.6 Å². The molecule has 0 bridgehead atoms. The molecule has 2 aromatic rings. The molecule has 1 amide bonds. The number of nitrogens with zero attached hydrogens (tertiary/aromatic N) is 3. The van der Waals surface area contributed by atoms with Crippen molar-refractivity contribution < 1.29 is 9.32 Å². The molecule has 0 atom stereocenters. The molecule has 0 saturated heterocycles. The number of amides is 1. The minimum atomic E-state index is 0.0575. The highest BCUT2D eigenvalue weighted by Gasteiger charge is 2.20. The summed E-state index contributed by atoms with van der Waals surface area (Å²) < 4.78 is 5.19. The quantitative estimate of drug-likeness (QED) is 0.917. The molecule has 1 aliphatic rings. The predicted octanol–water partition coefficient (Wildman–Crippen LogP) is 2.76. The maximum atomic E-state index is 12.0. The molecule has 23 heavy (non-hydrogen) atoms. The minimum Gasteiger partial charge on any atom is -0.353 e.